The van der Waals surface area contributed by atoms with Crippen LogP contribution < -0.4 is 19.5 Å². The molecule has 0 radical (unpaired) electrons. The molecule has 3 aromatic rings. The number of nitrogens with one attached hydrogen (secondary N) is 1. The van der Waals surface area contributed by atoms with Gasteiger partial charge in [0.25, 0.3) is 0 Å². The van der Waals surface area contributed by atoms with Crippen LogP contribution in [0.2, 0.25) is 0 Å². The molecular formula is C25H20F3NO4. The Morgan fingerprint density at radius 2 is 1.67 bits per heavy atom. The number of benzene rings is 3. The van der Waals surface area contributed by atoms with E-state index in [4.69, 9.17) is 14.2 Å². The van der Waals surface area contributed by atoms with E-state index in [0.717, 1.165) is 17.7 Å². The van der Waals surface area contributed by atoms with Crippen LogP contribution in [-0.4, -0.2) is 19.8 Å². The molecule has 33 heavy (non-hydrogen) atoms. The number of hydrogen-bond donors (Lipinski definition) is 1. The summed E-state index contributed by atoms with van der Waals surface area (Å²) in [6.07, 6.45) is -3.36. The lowest BCUT2D eigenvalue weighted by Gasteiger charge is -2.18. The Labute approximate surface area is 188 Å². The van der Waals surface area contributed by atoms with Crippen molar-refractivity contribution in [2.45, 2.75) is 24.4 Å². The van der Waals surface area contributed by atoms with Gasteiger partial charge in [-0.05, 0) is 72.0 Å². The van der Waals surface area contributed by atoms with E-state index in [1.54, 1.807) is 48.5 Å². The first-order valence-electron chi connectivity index (χ1n) is 10.4. The van der Waals surface area contributed by atoms with Gasteiger partial charge < -0.3 is 19.5 Å². The maximum Gasteiger partial charge on any atom is 0.416 e. The molecule has 2 aliphatic rings. The smallest absolute Gasteiger partial charge is 0.416 e. The SMILES string of the molecule is COc1ccc(-c2cc(NC(=O)C3(c4ccc5c(c4)OCO5)CC3)cc(C(F)(F)F)c2)cc1. The molecule has 3 aromatic carbocycles. The molecule has 1 aliphatic carbocycles. The van der Waals surface area contributed by atoms with Gasteiger partial charge in [0.05, 0.1) is 18.1 Å². The number of fused-ring (bicyclic) bond motifs is 1. The van der Waals surface area contributed by atoms with Crippen LogP contribution in [0.15, 0.2) is 60.7 Å². The molecule has 0 aromatic heterocycles. The number of carbonyl (C=O) groups is 1. The second-order valence-electron chi connectivity index (χ2n) is 8.13. The van der Waals surface area contributed by atoms with Gasteiger partial charge in [-0.2, -0.15) is 13.2 Å². The highest BCUT2D eigenvalue weighted by Gasteiger charge is 2.51. The van der Waals surface area contributed by atoms with Crippen LogP contribution in [0.25, 0.3) is 11.1 Å². The van der Waals surface area contributed by atoms with E-state index >= 15 is 0 Å². The molecule has 1 saturated carbocycles. The van der Waals surface area contributed by atoms with E-state index in [0.29, 0.717) is 41.2 Å². The summed E-state index contributed by atoms with van der Waals surface area (Å²) < 4.78 is 56.6. The van der Waals surface area contributed by atoms with Crippen LogP contribution in [0.4, 0.5) is 18.9 Å². The molecule has 8 heteroatoms. The molecular weight excluding hydrogens is 435 g/mol. The zero-order chi connectivity index (χ0) is 23.2. The number of alkyl halides is 3. The number of amides is 1. The molecule has 0 spiro atoms. The predicted octanol–water partition coefficient (Wildman–Crippen LogP) is 5.78. The summed E-state index contributed by atoms with van der Waals surface area (Å²) in [6.45, 7) is 0.121. The first kappa shape index (κ1) is 21.2. The summed E-state index contributed by atoms with van der Waals surface area (Å²) in [5, 5.41) is 2.72. The zero-order valence-electron chi connectivity index (χ0n) is 17.7. The van der Waals surface area contributed by atoms with Gasteiger partial charge in [-0.25, -0.2) is 0 Å². The highest BCUT2D eigenvalue weighted by atomic mass is 19.4. The summed E-state index contributed by atoms with van der Waals surface area (Å²) in [6, 6.07) is 15.6. The van der Waals surface area contributed by atoms with Gasteiger partial charge in [-0.3, -0.25) is 4.79 Å². The number of anilines is 1. The molecule has 170 valence electrons. The summed E-state index contributed by atoms with van der Waals surface area (Å²) >= 11 is 0. The Kier molecular flexibility index (Phi) is 4.96. The summed E-state index contributed by atoms with van der Waals surface area (Å²) in [7, 11) is 1.51. The summed E-state index contributed by atoms with van der Waals surface area (Å²) in [5.74, 6) is 1.42. The first-order chi connectivity index (χ1) is 15.8. The van der Waals surface area contributed by atoms with Gasteiger partial charge in [-0.1, -0.05) is 18.2 Å². The molecule has 1 amide bonds. The Balaban J connectivity index is 1.46. The summed E-state index contributed by atoms with van der Waals surface area (Å²) in [4.78, 5) is 13.2. The lowest BCUT2D eigenvalue weighted by atomic mass is 9.94. The topological polar surface area (TPSA) is 56.8 Å². The van der Waals surface area contributed by atoms with Crippen molar-refractivity contribution in [3.05, 3.63) is 71.8 Å². The number of carbonyl (C=O) groups excluding carboxylic acids is 1. The van der Waals surface area contributed by atoms with Crippen LogP contribution in [0, 0.1) is 0 Å². The minimum Gasteiger partial charge on any atom is -0.497 e. The molecule has 1 heterocycles. The average molecular weight is 455 g/mol. The average Bonchev–Trinajstić information content (AvgIpc) is 3.49. The molecule has 0 saturated heterocycles. The second kappa shape index (κ2) is 7.72. The zero-order valence-corrected chi connectivity index (χ0v) is 17.7. The third-order valence-corrected chi connectivity index (χ3v) is 6.05. The fourth-order valence-electron chi connectivity index (χ4n) is 4.03. The van der Waals surface area contributed by atoms with Gasteiger partial charge in [0.15, 0.2) is 11.5 Å². The Morgan fingerprint density at radius 3 is 2.33 bits per heavy atom. The van der Waals surface area contributed by atoms with E-state index in [1.165, 1.54) is 7.11 Å². The number of rotatable bonds is 5. The Hall–Kier alpha value is -3.68. The van der Waals surface area contributed by atoms with Crippen molar-refractivity contribution in [3.63, 3.8) is 0 Å². The molecule has 5 rings (SSSR count). The van der Waals surface area contributed by atoms with Crippen molar-refractivity contribution in [2.75, 3.05) is 19.2 Å². The van der Waals surface area contributed by atoms with E-state index in [-0.39, 0.29) is 18.4 Å². The van der Waals surface area contributed by atoms with Crippen LogP contribution >= 0.6 is 0 Å². The predicted molar refractivity (Wildman–Crippen MR) is 116 cm³/mol. The van der Waals surface area contributed by atoms with Gasteiger partial charge in [-0.15, -0.1) is 0 Å². The minimum atomic E-state index is -4.56. The Bertz CT molecular complexity index is 1220. The van der Waals surface area contributed by atoms with Crippen molar-refractivity contribution < 1.29 is 32.2 Å². The van der Waals surface area contributed by atoms with Gasteiger partial charge >= 0.3 is 6.18 Å². The highest BCUT2D eigenvalue weighted by molar-refractivity contribution is 6.02. The van der Waals surface area contributed by atoms with Gasteiger partial charge in [0, 0.05) is 5.69 Å². The van der Waals surface area contributed by atoms with Crippen molar-refractivity contribution in [1.29, 1.82) is 0 Å². The molecule has 1 aliphatic heterocycles. The molecule has 1 N–H and O–H groups in total. The number of methoxy groups -OCH3 is 1. The third-order valence-electron chi connectivity index (χ3n) is 6.05. The lowest BCUT2D eigenvalue weighted by Crippen LogP contribution is -2.28. The van der Waals surface area contributed by atoms with Crippen molar-refractivity contribution in [2.24, 2.45) is 0 Å². The molecule has 0 unspecified atom stereocenters. The van der Waals surface area contributed by atoms with E-state index in [2.05, 4.69) is 5.32 Å². The fourth-order valence-corrected chi connectivity index (χ4v) is 4.03. The van der Waals surface area contributed by atoms with Crippen LogP contribution in [0.3, 0.4) is 0 Å². The largest absolute Gasteiger partial charge is 0.497 e. The molecule has 0 atom stereocenters. The Morgan fingerprint density at radius 1 is 0.939 bits per heavy atom. The second-order valence-corrected chi connectivity index (χ2v) is 8.13. The molecule has 0 bridgehead atoms. The van der Waals surface area contributed by atoms with Crippen molar-refractivity contribution in [3.8, 4) is 28.4 Å². The van der Waals surface area contributed by atoms with E-state index < -0.39 is 17.2 Å². The summed E-state index contributed by atoms with van der Waals surface area (Å²) in [5.41, 5.74) is 0.137. The highest BCUT2D eigenvalue weighted by Crippen LogP contribution is 2.51. The fraction of sp³-hybridized carbons (Fsp3) is 0.240. The number of hydrogen-bond acceptors (Lipinski definition) is 4. The molecule has 5 nitrogen and oxygen atoms in total. The maximum absolute atomic E-state index is 13.6. The number of ether oxygens (including phenoxy) is 3. The quantitative estimate of drug-likeness (QED) is 0.530. The van der Waals surface area contributed by atoms with Gasteiger partial charge in [0.1, 0.15) is 5.75 Å². The minimum absolute atomic E-state index is 0.0904. The standard InChI is InChI=1S/C25H20F3NO4/c1-31-20-5-2-15(3-6-20)16-10-18(25(26,27)28)12-19(11-16)29-23(30)24(8-9-24)17-4-7-21-22(13-17)33-14-32-21/h2-7,10-13H,8-9,14H2,1H3,(H,29,30). The third kappa shape index (κ3) is 3.97. The maximum atomic E-state index is 13.6. The van der Waals surface area contributed by atoms with Crippen molar-refractivity contribution >= 4 is 11.6 Å². The van der Waals surface area contributed by atoms with E-state index in [1.807, 2.05) is 0 Å². The number of halogens is 3. The molecule has 1 fully saturated rings. The van der Waals surface area contributed by atoms with E-state index in [9.17, 15) is 18.0 Å². The first-order valence-corrected chi connectivity index (χ1v) is 10.4. The van der Waals surface area contributed by atoms with Crippen LogP contribution in [0.1, 0.15) is 24.0 Å². The van der Waals surface area contributed by atoms with Crippen LogP contribution in [-0.2, 0) is 16.4 Å². The monoisotopic (exact) mass is 455 g/mol. The van der Waals surface area contributed by atoms with Gasteiger partial charge in [0.2, 0.25) is 12.7 Å². The lowest BCUT2D eigenvalue weighted by molar-refractivity contribution is -0.137. The van der Waals surface area contributed by atoms with Crippen molar-refractivity contribution in [1.82, 2.24) is 0 Å². The normalized spacial score (nSPS) is 15.8. The van der Waals surface area contributed by atoms with Crippen LogP contribution in [0.5, 0.6) is 17.2 Å².